The van der Waals surface area contributed by atoms with Crippen molar-refractivity contribution in [3.05, 3.63) is 60.1 Å². The quantitative estimate of drug-likeness (QED) is 0.642. The SMILES string of the molecule is O=CN1CCN(C(=O)/C(=C/c2ccco2)c2ccccc2)CC1. The van der Waals surface area contributed by atoms with Gasteiger partial charge in [0.25, 0.3) is 5.91 Å². The average molecular weight is 310 g/mol. The van der Waals surface area contributed by atoms with E-state index in [1.807, 2.05) is 36.4 Å². The maximum absolute atomic E-state index is 12.9. The number of piperazine rings is 1. The van der Waals surface area contributed by atoms with E-state index in [4.69, 9.17) is 4.42 Å². The second kappa shape index (κ2) is 6.96. The van der Waals surface area contributed by atoms with Crippen LogP contribution >= 0.6 is 0 Å². The van der Waals surface area contributed by atoms with Crippen molar-refractivity contribution < 1.29 is 14.0 Å². The van der Waals surface area contributed by atoms with Gasteiger partial charge in [0.05, 0.1) is 11.8 Å². The molecule has 0 spiro atoms. The summed E-state index contributed by atoms with van der Waals surface area (Å²) < 4.78 is 5.36. The first-order valence-electron chi connectivity index (χ1n) is 7.57. The third-order valence-electron chi connectivity index (χ3n) is 3.90. The fraction of sp³-hybridized carbons (Fsp3) is 0.222. The maximum atomic E-state index is 12.9. The van der Waals surface area contributed by atoms with Crippen LogP contribution in [-0.2, 0) is 9.59 Å². The molecule has 0 saturated carbocycles. The number of nitrogens with zero attached hydrogens (tertiary/aromatic N) is 2. The van der Waals surface area contributed by atoms with Crippen LogP contribution in [-0.4, -0.2) is 48.3 Å². The Morgan fingerprint density at radius 1 is 1.00 bits per heavy atom. The van der Waals surface area contributed by atoms with Crippen LogP contribution in [0.4, 0.5) is 0 Å². The summed E-state index contributed by atoms with van der Waals surface area (Å²) in [5.41, 5.74) is 1.45. The van der Waals surface area contributed by atoms with Gasteiger partial charge < -0.3 is 14.2 Å². The van der Waals surface area contributed by atoms with Crippen LogP contribution < -0.4 is 0 Å². The predicted molar refractivity (Wildman–Crippen MR) is 87.2 cm³/mol. The number of benzene rings is 1. The van der Waals surface area contributed by atoms with Crippen molar-refractivity contribution in [2.75, 3.05) is 26.2 Å². The van der Waals surface area contributed by atoms with Gasteiger partial charge in [-0.2, -0.15) is 0 Å². The van der Waals surface area contributed by atoms with Crippen LogP contribution in [0.2, 0.25) is 0 Å². The highest BCUT2D eigenvalue weighted by molar-refractivity contribution is 6.24. The standard InChI is InChI=1S/C18H18N2O3/c21-14-19-8-10-20(11-9-19)18(22)17(13-16-7-4-12-23-16)15-5-2-1-3-6-15/h1-7,12-14H,8-11H2/b17-13+. The van der Waals surface area contributed by atoms with Crippen LogP contribution in [0.1, 0.15) is 11.3 Å². The minimum Gasteiger partial charge on any atom is -0.465 e. The molecule has 0 N–H and O–H groups in total. The van der Waals surface area contributed by atoms with E-state index < -0.39 is 0 Å². The van der Waals surface area contributed by atoms with Gasteiger partial charge in [0, 0.05) is 26.2 Å². The highest BCUT2D eigenvalue weighted by Gasteiger charge is 2.24. The van der Waals surface area contributed by atoms with Crippen LogP contribution in [0.25, 0.3) is 11.6 Å². The molecule has 1 aromatic carbocycles. The highest BCUT2D eigenvalue weighted by atomic mass is 16.3. The first-order valence-corrected chi connectivity index (χ1v) is 7.57. The van der Waals surface area contributed by atoms with Crippen LogP contribution in [0, 0.1) is 0 Å². The zero-order chi connectivity index (χ0) is 16.1. The van der Waals surface area contributed by atoms with Crippen LogP contribution in [0.15, 0.2) is 53.1 Å². The lowest BCUT2D eigenvalue weighted by molar-refractivity contribution is -0.130. The van der Waals surface area contributed by atoms with E-state index in [0.29, 0.717) is 37.5 Å². The van der Waals surface area contributed by atoms with E-state index in [1.54, 1.807) is 28.2 Å². The summed E-state index contributed by atoms with van der Waals surface area (Å²) >= 11 is 0. The third kappa shape index (κ3) is 3.51. The Labute approximate surface area is 134 Å². The number of carbonyl (C=O) groups excluding carboxylic acids is 2. The number of hydrogen-bond acceptors (Lipinski definition) is 3. The molecular weight excluding hydrogens is 292 g/mol. The normalized spacial score (nSPS) is 15.6. The van der Waals surface area contributed by atoms with E-state index in [2.05, 4.69) is 0 Å². The highest BCUT2D eigenvalue weighted by Crippen LogP contribution is 2.21. The molecular formula is C18H18N2O3. The second-order valence-electron chi connectivity index (χ2n) is 5.37. The van der Waals surface area contributed by atoms with Gasteiger partial charge in [-0.3, -0.25) is 9.59 Å². The van der Waals surface area contributed by atoms with Crippen molar-refractivity contribution >= 4 is 24.0 Å². The van der Waals surface area contributed by atoms with Gasteiger partial charge in [0.2, 0.25) is 6.41 Å². The molecule has 2 heterocycles. The Hall–Kier alpha value is -2.82. The van der Waals surface area contributed by atoms with E-state index in [-0.39, 0.29) is 5.91 Å². The lowest BCUT2D eigenvalue weighted by Crippen LogP contribution is -2.48. The van der Waals surface area contributed by atoms with Crippen molar-refractivity contribution in [3.63, 3.8) is 0 Å². The molecule has 2 amide bonds. The Kier molecular flexibility index (Phi) is 4.57. The molecule has 0 unspecified atom stereocenters. The van der Waals surface area contributed by atoms with E-state index in [1.165, 1.54) is 0 Å². The van der Waals surface area contributed by atoms with Crippen molar-refractivity contribution in [1.29, 1.82) is 0 Å². The van der Waals surface area contributed by atoms with E-state index >= 15 is 0 Å². The Bertz CT molecular complexity index is 684. The smallest absolute Gasteiger partial charge is 0.254 e. The Balaban J connectivity index is 1.87. The predicted octanol–water partition coefficient (Wildman–Crippen LogP) is 2.12. The van der Waals surface area contributed by atoms with E-state index in [0.717, 1.165) is 12.0 Å². The molecule has 0 radical (unpaired) electrons. The molecule has 1 aliphatic heterocycles. The molecule has 1 fully saturated rings. The van der Waals surface area contributed by atoms with Crippen LogP contribution in [0.3, 0.4) is 0 Å². The molecule has 118 valence electrons. The Morgan fingerprint density at radius 2 is 1.74 bits per heavy atom. The number of rotatable bonds is 4. The molecule has 23 heavy (non-hydrogen) atoms. The first kappa shape index (κ1) is 15.1. The van der Waals surface area contributed by atoms with Gasteiger partial charge in [-0.15, -0.1) is 0 Å². The first-order chi connectivity index (χ1) is 11.3. The lowest BCUT2D eigenvalue weighted by atomic mass is 10.0. The summed E-state index contributed by atoms with van der Waals surface area (Å²) in [7, 11) is 0. The summed E-state index contributed by atoms with van der Waals surface area (Å²) in [6, 6.07) is 13.2. The maximum Gasteiger partial charge on any atom is 0.254 e. The minimum absolute atomic E-state index is 0.0434. The fourth-order valence-electron chi connectivity index (χ4n) is 2.60. The third-order valence-corrected chi connectivity index (χ3v) is 3.90. The summed E-state index contributed by atoms with van der Waals surface area (Å²) in [6.45, 7) is 2.22. The van der Waals surface area contributed by atoms with E-state index in [9.17, 15) is 9.59 Å². The molecule has 5 heteroatoms. The summed E-state index contributed by atoms with van der Waals surface area (Å²) in [6.07, 6.45) is 4.18. The zero-order valence-electron chi connectivity index (χ0n) is 12.7. The van der Waals surface area contributed by atoms with Crippen molar-refractivity contribution in [3.8, 4) is 0 Å². The molecule has 2 aromatic rings. The number of carbonyl (C=O) groups is 2. The lowest BCUT2D eigenvalue weighted by Gasteiger charge is -2.33. The van der Waals surface area contributed by atoms with Crippen molar-refractivity contribution in [2.45, 2.75) is 0 Å². The molecule has 0 atom stereocenters. The summed E-state index contributed by atoms with van der Waals surface area (Å²) in [5.74, 6) is 0.599. The number of hydrogen-bond donors (Lipinski definition) is 0. The molecule has 1 saturated heterocycles. The van der Waals surface area contributed by atoms with Gasteiger partial charge in [-0.25, -0.2) is 0 Å². The molecule has 5 nitrogen and oxygen atoms in total. The second-order valence-corrected chi connectivity index (χ2v) is 5.37. The molecule has 0 bridgehead atoms. The number of furan rings is 1. The largest absolute Gasteiger partial charge is 0.465 e. The van der Waals surface area contributed by atoms with Gasteiger partial charge >= 0.3 is 0 Å². The minimum atomic E-state index is -0.0434. The Morgan fingerprint density at radius 3 is 2.35 bits per heavy atom. The van der Waals surface area contributed by atoms with Crippen LogP contribution in [0.5, 0.6) is 0 Å². The molecule has 3 rings (SSSR count). The molecule has 1 aromatic heterocycles. The topological polar surface area (TPSA) is 53.8 Å². The molecule has 0 aliphatic carbocycles. The zero-order valence-corrected chi connectivity index (χ0v) is 12.7. The van der Waals surface area contributed by atoms with Gasteiger partial charge in [-0.1, -0.05) is 30.3 Å². The van der Waals surface area contributed by atoms with Gasteiger partial charge in [-0.05, 0) is 23.8 Å². The fourth-order valence-corrected chi connectivity index (χ4v) is 2.60. The molecule has 1 aliphatic rings. The van der Waals surface area contributed by atoms with Gasteiger partial charge in [0.1, 0.15) is 5.76 Å². The summed E-state index contributed by atoms with van der Waals surface area (Å²) in [5, 5.41) is 0. The monoisotopic (exact) mass is 310 g/mol. The average Bonchev–Trinajstić information content (AvgIpc) is 3.13. The van der Waals surface area contributed by atoms with Gasteiger partial charge in [0.15, 0.2) is 0 Å². The van der Waals surface area contributed by atoms with Crippen molar-refractivity contribution in [1.82, 2.24) is 9.80 Å². The number of amides is 2. The summed E-state index contributed by atoms with van der Waals surface area (Å²) in [4.78, 5) is 27.2. The van der Waals surface area contributed by atoms with Crippen molar-refractivity contribution in [2.24, 2.45) is 0 Å².